The summed E-state index contributed by atoms with van der Waals surface area (Å²) >= 11 is 0. The molecule has 0 aromatic heterocycles. The average Bonchev–Trinajstić information content (AvgIpc) is 2.59. The monoisotopic (exact) mass is 181 g/mol. The molecule has 1 aliphatic rings. The van der Waals surface area contributed by atoms with Gasteiger partial charge in [0.15, 0.2) is 0 Å². The Bertz CT molecular complexity index is 232. The van der Waals surface area contributed by atoms with Crippen LogP contribution in [0.1, 0.15) is 19.8 Å². The van der Waals surface area contributed by atoms with Gasteiger partial charge < -0.3 is 4.74 Å². The lowest BCUT2D eigenvalue weighted by molar-refractivity contribution is 0.125. The van der Waals surface area contributed by atoms with Crippen LogP contribution in [0.3, 0.4) is 0 Å². The van der Waals surface area contributed by atoms with E-state index in [2.05, 4.69) is 17.6 Å². The van der Waals surface area contributed by atoms with E-state index < -0.39 is 0 Å². The molecule has 1 rings (SSSR count). The Morgan fingerprint density at radius 2 is 2.46 bits per heavy atom. The minimum absolute atomic E-state index is 0.0719. The van der Waals surface area contributed by atoms with Crippen LogP contribution >= 0.6 is 0 Å². The highest BCUT2D eigenvalue weighted by molar-refractivity contribution is 5.68. The number of hydrogen-bond acceptors (Lipinski definition) is 2. The van der Waals surface area contributed by atoms with Crippen LogP contribution in [-0.2, 0) is 4.74 Å². The standard InChI is InChI=1S/C10H15NO2/c1-4-8-6-9(5-2)11(7-8)10(12)13-3/h2,8-9H,4,6-7H2,1,3H3/t8-,9-/m0/s1. The minimum Gasteiger partial charge on any atom is -0.453 e. The van der Waals surface area contributed by atoms with Crippen molar-refractivity contribution in [3.8, 4) is 12.3 Å². The minimum atomic E-state index is -0.307. The number of carbonyl (C=O) groups is 1. The molecule has 1 fully saturated rings. The van der Waals surface area contributed by atoms with E-state index >= 15 is 0 Å². The molecule has 0 saturated carbocycles. The van der Waals surface area contributed by atoms with Crippen LogP contribution in [0.25, 0.3) is 0 Å². The summed E-state index contributed by atoms with van der Waals surface area (Å²) in [6, 6.07) is -0.0719. The van der Waals surface area contributed by atoms with Crippen molar-refractivity contribution in [3.05, 3.63) is 0 Å². The van der Waals surface area contributed by atoms with E-state index in [1.54, 1.807) is 4.90 Å². The molecule has 3 nitrogen and oxygen atoms in total. The molecule has 0 spiro atoms. The Balaban J connectivity index is 2.64. The van der Waals surface area contributed by atoms with Gasteiger partial charge in [-0.3, -0.25) is 4.90 Å². The summed E-state index contributed by atoms with van der Waals surface area (Å²) in [6.45, 7) is 2.84. The maximum Gasteiger partial charge on any atom is 0.410 e. The number of nitrogens with zero attached hydrogens (tertiary/aromatic N) is 1. The molecular weight excluding hydrogens is 166 g/mol. The highest BCUT2D eigenvalue weighted by atomic mass is 16.5. The summed E-state index contributed by atoms with van der Waals surface area (Å²) in [5.74, 6) is 3.15. The second-order valence-electron chi connectivity index (χ2n) is 3.31. The van der Waals surface area contributed by atoms with E-state index in [0.29, 0.717) is 5.92 Å². The average molecular weight is 181 g/mol. The normalized spacial score (nSPS) is 27.0. The molecule has 2 atom stereocenters. The lowest BCUT2D eigenvalue weighted by atomic mass is 10.0. The Hall–Kier alpha value is -1.17. The molecule has 1 heterocycles. The molecule has 13 heavy (non-hydrogen) atoms. The lowest BCUT2D eigenvalue weighted by Crippen LogP contribution is -2.34. The predicted molar refractivity (Wildman–Crippen MR) is 50.1 cm³/mol. The fourth-order valence-electron chi connectivity index (χ4n) is 1.70. The van der Waals surface area contributed by atoms with Gasteiger partial charge in [-0.1, -0.05) is 19.3 Å². The van der Waals surface area contributed by atoms with Crippen molar-refractivity contribution in [2.45, 2.75) is 25.8 Å². The largest absolute Gasteiger partial charge is 0.453 e. The first-order chi connectivity index (χ1) is 6.22. The molecule has 1 aliphatic heterocycles. The van der Waals surface area contributed by atoms with Crippen LogP contribution < -0.4 is 0 Å². The van der Waals surface area contributed by atoms with Gasteiger partial charge >= 0.3 is 6.09 Å². The van der Waals surface area contributed by atoms with Gasteiger partial charge in [0, 0.05) is 6.54 Å². The summed E-state index contributed by atoms with van der Waals surface area (Å²) < 4.78 is 4.65. The van der Waals surface area contributed by atoms with Crippen molar-refractivity contribution < 1.29 is 9.53 Å². The summed E-state index contributed by atoms with van der Waals surface area (Å²) in [6.07, 6.45) is 6.99. The van der Waals surface area contributed by atoms with Gasteiger partial charge in [-0.15, -0.1) is 6.42 Å². The molecule has 0 aromatic carbocycles. The third-order valence-electron chi connectivity index (χ3n) is 2.57. The van der Waals surface area contributed by atoms with Gasteiger partial charge in [0.2, 0.25) is 0 Å². The fraction of sp³-hybridized carbons (Fsp3) is 0.700. The Morgan fingerprint density at radius 1 is 1.77 bits per heavy atom. The van der Waals surface area contributed by atoms with Gasteiger partial charge in [-0.05, 0) is 12.3 Å². The third-order valence-corrected chi connectivity index (χ3v) is 2.57. The van der Waals surface area contributed by atoms with Crippen molar-refractivity contribution in [1.29, 1.82) is 0 Å². The number of methoxy groups -OCH3 is 1. The number of rotatable bonds is 1. The molecule has 0 bridgehead atoms. The summed E-state index contributed by atoms with van der Waals surface area (Å²) in [7, 11) is 1.38. The zero-order valence-corrected chi connectivity index (χ0v) is 8.12. The topological polar surface area (TPSA) is 29.5 Å². The summed E-state index contributed by atoms with van der Waals surface area (Å²) in [5, 5.41) is 0. The van der Waals surface area contributed by atoms with E-state index in [4.69, 9.17) is 6.42 Å². The first-order valence-corrected chi connectivity index (χ1v) is 4.53. The molecule has 1 amide bonds. The van der Waals surface area contributed by atoms with Crippen LogP contribution in [0.15, 0.2) is 0 Å². The number of hydrogen-bond donors (Lipinski definition) is 0. The maximum atomic E-state index is 11.3. The van der Waals surface area contributed by atoms with Gasteiger partial charge in [0.1, 0.15) is 0 Å². The van der Waals surface area contributed by atoms with Crippen molar-refractivity contribution in [2.24, 2.45) is 5.92 Å². The van der Waals surface area contributed by atoms with Crippen molar-refractivity contribution in [2.75, 3.05) is 13.7 Å². The molecule has 72 valence electrons. The van der Waals surface area contributed by atoms with E-state index in [9.17, 15) is 4.79 Å². The molecule has 0 N–H and O–H groups in total. The number of amides is 1. The zero-order valence-electron chi connectivity index (χ0n) is 8.12. The van der Waals surface area contributed by atoms with Gasteiger partial charge in [-0.25, -0.2) is 4.79 Å². The first-order valence-electron chi connectivity index (χ1n) is 4.53. The Kier molecular flexibility index (Phi) is 3.18. The Morgan fingerprint density at radius 3 is 2.92 bits per heavy atom. The number of terminal acetylenes is 1. The quantitative estimate of drug-likeness (QED) is 0.573. The van der Waals surface area contributed by atoms with Crippen LogP contribution in [0.4, 0.5) is 4.79 Å². The molecule has 0 unspecified atom stereocenters. The predicted octanol–water partition coefficient (Wildman–Crippen LogP) is 1.49. The van der Waals surface area contributed by atoms with Gasteiger partial charge in [0.25, 0.3) is 0 Å². The van der Waals surface area contributed by atoms with E-state index in [-0.39, 0.29) is 12.1 Å². The molecule has 0 radical (unpaired) electrons. The Labute approximate surface area is 79.1 Å². The highest BCUT2D eigenvalue weighted by Gasteiger charge is 2.33. The second kappa shape index (κ2) is 4.18. The molecule has 3 heteroatoms. The molecule has 1 saturated heterocycles. The lowest BCUT2D eigenvalue weighted by Gasteiger charge is -2.18. The first kappa shape index (κ1) is 9.91. The van der Waals surface area contributed by atoms with E-state index in [1.807, 2.05) is 0 Å². The molecular formula is C10H15NO2. The van der Waals surface area contributed by atoms with Gasteiger partial charge in [-0.2, -0.15) is 0 Å². The highest BCUT2D eigenvalue weighted by Crippen LogP contribution is 2.25. The smallest absolute Gasteiger partial charge is 0.410 e. The van der Waals surface area contributed by atoms with E-state index in [0.717, 1.165) is 19.4 Å². The van der Waals surface area contributed by atoms with Crippen molar-refractivity contribution >= 4 is 6.09 Å². The summed E-state index contributed by atoms with van der Waals surface area (Å²) in [5.41, 5.74) is 0. The number of carbonyl (C=O) groups excluding carboxylic acids is 1. The number of ether oxygens (including phenoxy) is 1. The zero-order chi connectivity index (χ0) is 9.84. The van der Waals surface area contributed by atoms with Crippen molar-refractivity contribution in [1.82, 2.24) is 4.90 Å². The SMILES string of the molecule is C#C[C@H]1C[C@H](CC)CN1C(=O)OC. The maximum absolute atomic E-state index is 11.3. The van der Waals surface area contributed by atoms with Crippen LogP contribution in [0, 0.1) is 18.3 Å². The van der Waals surface area contributed by atoms with Crippen molar-refractivity contribution in [3.63, 3.8) is 0 Å². The second-order valence-corrected chi connectivity index (χ2v) is 3.31. The molecule has 0 aliphatic carbocycles. The van der Waals surface area contributed by atoms with Gasteiger partial charge in [0.05, 0.1) is 13.2 Å². The van der Waals surface area contributed by atoms with E-state index in [1.165, 1.54) is 7.11 Å². The fourth-order valence-corrected chi connectivity index (χ4v) is 1.70. The third kappa shape index (κ3) is 1.95. The van der Waals surface area contributed by atoms with Crippen LogP contribution in [0.5, 0.6) is 0 Å². The van der Waals surface area contributed by atoms with Crippen LogP contribution in [0.2, 0.25) is 0 Å². The number of likely N-dealkylation sites (tertiary alicyclic amines) is 1. The molecule has 0 aromatic rings. The summed E-state index contributed by atoms with van der Waals surface area (Å²) in [4.78, 5) is 12.9. The van der Waals surface area contributed by atoms with Crippen LogP contribution in [-0.4, -0.2) is 30.7 Å².